The van der Waals surface area contributed by atoms with E-state index in [1.807, 2.05) is 6.92 Å². The van der Waals surface area contributed by atoms with Crippen molar-refractivity contribution in [2.75, 3.05) is 0 Å². The first-order chi connectivity index (χ1) is 8.49. The van der Waals surface area contributed by atoms with Gasteiger partial charge in [0.15, 0.2) is 0 Å². The molecule has 7 heteroatoms. The van der Waals surface area contributed by atoms with Gasteiger partial charge in [0, 0.05) is 0 Å². The Kier molecular flexibility index (Phi) is 3.44. The van der Waals surface area contributed by atoms with Gasteiger partial charge in [-0.2, -0.15) is 5.10 Å². The molecule has 6 nitrogen and oxygen atoms in total. The van der Waals surface area contributed by atoms with E-state index in [4.69, 9.17) is 0 Å². The zero-order chi connectivity index (χ0) is 13.2. The summed E-state index contributed by atoms with van der Waals surface area (Å²) >= 11 is 0. The van der Waals surface area contributed by atoms with Crippen LogP contribution < -0.4 is 4.72 Å². The molecule has 1 aromatic heterocycles. The van der Waals surface area contributed by atoms with E-state index in [0.717, 1.165) is 5.56 Å². The van der Waals surface area contributed by atoms with Gasteiger partial charge in [0.1, 0.15) is 12.2 Å². The predicted octanol–water partition coefficient (Wildman–Crippen LogP) is 1.15. The third-order valence-corrected chi connectivity index (χ3v) is 4.06. The Morgan fingerprint density at radius 1 is 1.28 bits per heavy atom. The van der Waals surface area contributed by atoms with Crippen molar-refractivity contribution in [1.29, 1.82) is 0 Å². The van der Waals surface area contributed by atoms with Crippen LogP contribution in [-0.4, -0.2) is 23.6 Å². The molecule has 0 saturated carbocycles. The van der Waals surface area contributed by atoms with Gasteiger partial charge in [0.25, 0.3) is 0 Å². The molecule has 2 N–H and O–H groups in total. The van der Waals surface area contributed by atoms with Crippen LogP contribution in [0.4, 0.5) is 0 Å². The summed E-state index contributed by atoms with van der Waals surface area (Å²) in [5.41, 5.74) is 1.01. The van der Waals surface area contributed by atoms with Crippen molar-refractivity contribution in [2.45, 2.75) is 24.8 Å². The smallest absolute Gasteiger partial charge is 0.241 e. The minimum Gasteiger partial charge on any atom is -0.262 e. The Labute approximate surface area is 106 Å². The van der Waals surface area contributed by atoms with E-state index in [1.165, 1.54) is 6.33 Å². The highest BCUT2D eigenvalue weighted by molar-refractivity contribution is 7.89. The van der Waals surface area contributed by atoms with Crippen LogP contribution in [-0.2, 0) is 10.0 Å². The van der Waals surface area contributed by atoms with Crippen LogP contribution in [0.3, 0.4) is 0 Å². The quantitative estimate of drug-likeness (QED) is 0.869. The van der Waals surface area contributed by atoms with Gasteiger partial charge in [-0.1, -0.05) is 17.7 Å². The maximum atomic E-state index is 12.1. The van der Waals surface area contributed by atoms with Gasteiger partial charge in [-0.25, -0.2) is 18.1 Å². The predicted molar refractivity (Wildman–Crippen MR) is 66.3 cm³/mol. The number of aryl methyl sites for hydroxylation is 1. The Morgan fingerprint density at radius 3 is 2.50 bits per heavy atom. The number of benzene rings is 1. The molecule has 1 heterocycles. The monoisotopic (exact) mass is 266 g/mol. The fraction of sp³-hybridized carbons (Fsp3) is 0.273. The molecule has 0 saturated heterocycles. The van der Waals surface area contributed by atoms with Crippen LogP contribution in [0.25, 0.3) is 0 Å². The van der Waals surface area contributed by atoms with E-state index in [0.29, 0.717) is 5.82 Å². The standard InChI is InChI=1S/C11H14N4O2S/c1-8-3-5-10(6-4-8)18(16,17)15-9(2)11-12-7-13-14-11/h3-7,9,15H,1-2H3,(H,12,13,14). The molecule has 0 amide bonds. The van der Waals surface area contributed by atoms with E-state index >= 15 is 0 Å². The van der Waals surface area contributed by atoms with Crippen molar-refractivity contribution in [3.05, 3.63) is 42.0 Å². The van der Waals surface area contributed by atoms with Crippen molar-refractivity contribution in [3.8, 4) is 0 Å². The number of rotatable bonds is 4. The van der Waals surface area contributed by atoms with Gasteiger partial charge < -0.3 is 0 Å². The van der Waals surface area contributed by atoms with E-state index in [9.17, 15) is 8.42 Å². The lowest BCUT2D eigenvalue weighted by molar-refractivity contribution is 0.560. The van der Waals surface area contributed by atoms with E-state index < -0.39 is 16.1 Å². The molecule has 0 aliphatic carbocycles. The molecule has 0 fully saturated rings. The summed E-state index contributed by atoms with van der Waals surface area (Å²) in [6.45, 7) is 3.60. The second-order valence-corrected chi connectivity index (χ2v) is 5.74. The molecule has 1 aromatic carbocycles. The van der Waals surface area contributed by atoms with Gasteiger partial charge in [-0.05, 0) is 26.0 Å². The zero-order valence-corrected chi connectivity index (χ0v) is 10.9. The van der Waals surface area contributed by atoms with E-state index in [-0.39, 0.29) is 4.90 Å². The first kappa shape index (κ1) is 12.7. The molecular weight excluding hydrogens is 252 g/mol. The largest absolute Gasteiger partial charge is 0.262 e. The summed E-state index contributed by atoms with van der Waals surface area (Å²) in [6, 6.07) is 6.20. The normalized spacial score (nSPS) is 13.4. The van der Waals surface area contributed by atoms with Crippen LogP contribution in [0.15, 0.2) is 35.5 Å². The second kappa shape index (κ2) is 4.87. The molecule has 96 valence electrons. The maximum absolute atomic E-state index is 12.1. The Balaban J connectivity index is 2.20. The highest BCUT2D eigenvalue weighted by atomic mass is 32.2. The van der Waals surface area contributed by atoms with Gasteiger partial charge in [0.05, 0.1) is 10.9 Å². The Bertz CT molecular complexity index is 605. The fourth-order valence-corrected chi connectivity index (χ4v) is 2.71. The summed E-state index contributed by atoms with van der Waals surface area (Å²) < 4.78 is 26.7. The minimum absolute atomic E-state index is 0.236. The lowest BCUT2D eigenvalue weighted by Crippen LogP contribution is -2.27. The summed E-state index contributed by atoms with van der Waals surface area (Å²) in [4.78, 5) is 4.15. The molecule has 0 bridgehead atoms. The molecule has 2 rings (SSSR count). The fourth-order valence-electron chi connectivity index (χ4n) is 1.50. The van der Waals surface area contributed by atoms with E-state index in [2.05, 4.69) is 19.9 Å². The minimum atomic E-state index is -3.54. The summed E-state index contributed by atoms with van der Waals surface area (Å²) in [7, 11) is -3.54. The van der Waals surface area contributed by atoms with Crippen molar-refractivity contribution < 1.29 is 8.42 Å². The van der Waals surface area contributed by atoms with Crippen LogP contribution >= 0.6 is 0 Å². The average molecular weight is 266 g/mol. The lowest BCUT2D eigenvalue weighted by atomic mass is 10.2. The molecule has 1 unspecified atom stereocenters. The van der Waals surface area contributed by atoms with Gasteiger partial charge in [-0.15, -0.1) is 0 Å². The van der Waals surface area contributed by atoms with Crippen molar-refractivity contribution in [3.63, 3.8) is 0 Å². The number of aromatic nitrogens is 3. The molecule has 0 aliphatic heterocycles. The topological polar surface area (TPSA) is 87.7 Å². The summed E-state index contributed by atoms with van der Waals surface area (Å²) in [5, 5.41) is 6.32. The number of hydrogen-bond donors (Lipinski definition) is 2. The number of aromatic amines is 1. The van der Waals surface area contributed by atoms with Crippen molar-refractivity contribution in [1.82, 2.24) is 19.9 Å². The third kappa shape index (κ3) is 2.74. The summed E-state index contributed by atoms with van der Waals surface area (Å²) in [6.07, 6.45) is 1.34. The van der Waals surface area contributed by atoms with Gasteiger partial charge in [0.2, 0.25) is 10.0 Å². The van der Waals surface area contributed by atoms with Gasteiger partial charge in [-0.3, -0.25) is 5.10 Å². The van der Waals surface area contributed by atoms with Gasteiger partial charge >= 0.3 is 0 Å². The van der Waals surface area contributed by atoms with Crippen LogP contribution in [0.1, 0.15) is 24.4 Å². The van der Waals surface area contributed by atoms with Crippen LogP contribution in [0.2, 0.25) is 0 Å². The first-order valence-electron chi connectivity index (χ1n) is 5.43. The molecular formula is C11H14N4O2S. The number of nitrogens with one attached hydrogen (secondary N) is 2. The molecule has 0 aliphatic rings. The number of H-pyrrole nitrogens is 1. The zero-order valence-electron chi connectivity index (χ0n) is 10.1. The number of hydrogen-bond acceptors (Lipinski definition) is 4. The molecule has 1 atom stereocenters. The second-order valence-electron chi connectivity index (χ2n) is 4.03. The highest BCUT2D eigenvalue weighted by Crippen LogP contribution is 2.14. The molecule has 18 heavy (non-hydrogen) atoms. The lowest BCUT2D eigenvalue weighted by Gasteiger charge is -2.11. The number of nitrogens with zero attached hydrogens (tertiary/aromatic N) is 2. The average Bonchev–Trinajstić information content (AvgIpc) is 2.82. The maximum Gasteiger partial charge on any atom is 0.241 e. The van der Waals surface area contributed by atoms with Crippen molar-refractivity contribution >= 4 is 10.0 Å². The van der Waals surface area contributed by atoms with Crippen LogP contribution in [0, 0.1) is 6.92 Å². The van der Waals surface area contributed by atoms with Crippen molar-refractivity contribution in [2.24, 2.45) is 0 Å². The molecule has 2 aromatic rings. The molecule has 0 spiro atoms. The van der Waals surface area contributed by atoms with Crippen LogP contribution in [0.5, 0.6) is 0 Å². The SMILES string of the molecule is Cc1ccc(S(=O)(=O)NC(C)c2ncn[nH]2)cc1. The highest BCUT2D eigenvalue weighted by Gasteiger charge is 2.19. The Morgan fingerprint density at radius 2 is 1.94 bits per heavy atom. The number of sulfonamides is 1. The summed E-state index contributed by atoms with van der Waals surface area (Å²) in [5.74, 6) is 0.477. The van der Waals surface area contributed by atoms with E-state index in [1.54, 1.807) is 31.2 Å². The first-order valence-corrected chi connectivity index (χ1v) is 6.91. The Hall–Kier alpha value is -1.73. The molecule has 0 radical (unpaired) electrons. The third-order valence-electron chi connectivity index (χ3n) is 2.51.